The molecule has 2 amide bonds. The molecule has 0 aromatic rings. The van der Waals surface area contributed by atoms with Gasteiger partial charge >= 0.3 is 12.0 Å². The number of carboxylic acids is 1. The number of carboxylic acid groups (broad SMARTS) is 1. The Labute approximate surface area is 94.8 Å². The number of carbonyl (C=O) groups is 2. The molecule has 16 heavy (non-hydrogen) atoms. The normalized spacial score (nSPS) is 23.9. The molecule has 2 atom stereocenters. The van der Waals surface area contributed by atoms with Crippen molar-refractivity contribution >= 4 is 12.0 Å². The van der Waals surface area contributed by atoms with Crippen molar-refractivity contribution in [2.24, 2.45) is 11.8 Å². The van der Waals surface area contributed by atoms with Crippen LogP contribution in [0.2, 0.25) is 0 Å². The largest absolute Gasteiger partial charge is 0.481 e. The van der Waals surface area contributed by atoms with Crippen LogP contribution >= 0.6 is 0 Å². The molecule has 1 rings (SSSR count). The van der Waals surface area contributed by atoms with Crippen LogP contribution in [0.3, 0.4) is 0 Å². The lowest BCUT2D eigenvalue weighted by Gasteiger charge is -2.16. The first-order valence-electron chi connectivity index (χ1n) is 5.25. The number of nitrogens with one attached hydrogen (secondary N) is 1. The molecule has 0 aromatic heterocycles. The molecule has 5 nitrogen and oxygen atoms in total. The predicted octanol–water partition coefficient (Wildman–Crippen LogP) is 0.372. The second kappa shape index (κ2) is 5.40. The van der Waals surface area contributed by atoms with Crippen LogP contribution in [0.1, 0.15) is 13.3 Å². The summed E-state index contributed by atoms with van der Waals surface area (Å²) < 4.78 is 0. The Bertz CT molecular complexity index is 322. The van der Waals surface area contributed by atoms with E-state index in [0.717, 1.165) is 0 Å². The molecule has 1 aliphatic rings. The quantitative estimate of drug-likeness (QED) is 0.537. The Morgan fingerprint density at radius 1 is 1.56 bits per heavy atom. The molecule has 0 bridgehead atoms. The third kappa shape index (κ3) is 2.89. The van der Waals surface area contributed by atoms with Gasteiger partial charge in [0, 0.05) is 26.1 Å². The van der Waals surface area contributed by atoms with E-state index in [-0.39, 0.29) is 18.5 Å². The molecule has 1 fully saturated rings. The van der Waals surface area contributed by atoms with Gasteiger partial charge in [-0.2, -0.15) is 0 Å². The van der Waals surface area contributed by atoms with E-state index in [4.69, 9.17) is 11.5 Å². The Balaban J connectivity index is 2.43. The van der Waals surface area contributed by atoms with Gasteiger partial charge < -0.3 is 15.3 Å². The molecule has 1 aliphatic heterocycles. The Morgan fingerprint density at radius 2 is 2.25 bits per heavy atom. The fraction of sp³-hybridized carbons (Fsp3) is 0.636. The van der Waals surface area contributed by atoms with Crippen molar-refractivity contribution in [2.45, 2.75) is 13.3 Å². The highest BCUT2D eigenvalue weighted by Gasteiger charge is 2.36. The summed E-state index contributed by atoms with van der Waals surface area (Å²) >= 11 is 0. The van der Waals surface area contributed by atoms with Crippen LogP contribution in [0.25, 0.3) is 0 Å². The molecule has 0 spiro atoms. The Hall–Kier alpha value is -1.70. The van der Waals surface area contributed by atoms with E-state index in [1.165, 1.54) is 4.90 Å². The monoisotopic (exact) mass is 224 g/mol. The average molecular weight is 224 g/mol. The maximum Gasteiger partial charge on any atom is 0.317 e. The molecule has 0 radical (unpaired) electrons. The minimum absolute atomic E-state index is 0.00381. The number of hydrogen-bond acceptors (Lipinski definition) is 2. The Morgan fingerprint density at radius 3 is 2.75 bits per heavy atom. The summed E-state index contributed by atoms with van der Waals surface area (Å²) in [7, 11) is 0. The van der Waals surface area contributed by atoms with Crippen molar-refractivity contribution in [2.75, 3.05) is 19.6 Å². The van der Waals surface area contributed by atoms with Crippen molar-refractivity contribution in [3.05, 3.63) is 0 Å². The number of hydrogen-bond donors (Lipinski definition) is 2. The number of aliphatic carboxylic acids is 1. The first kappa shape index (κ1) is 12.4. The standard InChI is InChI=1S/C11H16N2O3/c1-3-4-5-12-11(16)13-6-8(2)9(7-13)10(14)15/h1,8-9H,4-7H2,2H3,(H,12,16)(H,14,15). The lowest BCUT2D eigenvalue weighted by Crippen LogP contribution is -2.39. The van der Waals surface area contributed by atoms with Crippen LogP contribution in [0.5, 0.6) is 0 Å². The van der Waals surface area contributed by atoms with Crippen LogP contribution < -0.4 is 5.32 Å². The minimum Gasteiger partial charge on any atom is -0.481 e. The zero-order valence-electron chi connectivity index (χ0n) is 9.27. The maximum atomic E-state index is 11.6. The first-order valence-corrected chi connectivity index (χ1v) is 5.25. The van der Waals surface area contributed by atoms with Gasteiger partial charge in [0.2, 0.25) is 0 Å². The van der Waals surface area contributed by atoms with Gasteiger partial charge in [-0.3, -0.25) is 4.79 Å². The van der Waals surface area contributed by atoms with Crippen LogP contribution in [0, 0.1) is 24.2 Å². The predicted molar refractivity (Wildman–Crippen MR) is 58.7 cm³/mol. The molecule has 5 heteroatoms. The van der Waals surface area contributed by atoms with Crippen LogP contribution in [0.15, 0.2) is 0 Å². The second-order valence-corrected chi connectivity index (χ2v) is 4.01. The summed E-state index contributed by atoms with van der Waals surface area (Å²) in [5.74, 6) is 1.12. The van der Waals surface area contributed by atoms with Crippen molar-refractivity contribution in [1.82, 2.24) is 10.2 Å². The highest BCUT2D eigenvalue weighted by molar-refractivity contribution is 5.77. The molecule has 2 unspecified atom stereocenters. The van der Waals surface area contributed by atoms with Gasteiger partial charge in [0.25, 0.3) is 0 Å². The topological polar surface area (TPSA) is 69.6 Å². The van der Waals surface area contributed by atoms with Crippen molar-refractivity contribution in [3.8, 4) is 12.3 Å². The number of nitrogens with zero attached hydrogens (tertiary/aromatic N) is 1. The maximum absolute atomic E-state index is 11.6. The number of terminal acetylenes is 1. The summed E-state index contributed by atoms with van der Waals surface area (Å²) in [5, 5.41) is 11.6. The summed E-state index contributed by atoms with van der Waals surface area (Å²) in [4.78, 5) is 24.0. The lowest BCUT2D eigenvalue weighted by molar-refractivity contribution is -0.142. The van der Waals surface area contributed by atoms with Crippen LogP contribution in [0.4, 0.5) is 4.79 Å². The number of urea groups is 1. The van der Waals surface area contributed by atoms with Gasteiger partial charge in [-0.15, -0.1) is 12.3 Å². The van der Waals surface area contributed by atoms with E-state index >= 15 is 0 Å². The SMILES string of the molecule is C#CCCNC(=O)N1CC(C)C(C(=O)O)C1. The number of carbonyl (C=O) groups excluding carboxylic acids is 1. The first-order chi connectivity index (χ1) is 7.56. The van der Waals surface area contributed by atoms with E-state index in [1.54, 1.807) is 0 Å². The fourth-order valence-corrected chi connectivity index (χ4v) is 1.81. The number of rotatable bonds is 3. The molecule has 1 heterocycles. The molecule has 88 valence electrons. The summed E-state index contributed by atoms with van der Waals surface area (Å²) in [6.45, 7) is 3.03. The summed E-state index contributed by atoms with van der Waals surface area (Å²) in [5.41, 5.74) is 0. The van der Waals surface area contributed by atoms with Gasteiger partial charge in [0.05, 0.1) is 5.92 Å². The molecule has 2 N–H and O–H groups in total. The van der Waals surface area contributed by atoms with E-state index in [0.29, 0.717) is 19.5 Å². The van der Waals surface area contributed by atoms with E-state index in [1.807, 2.05) is 6.92 Å². The van der Waals surface area contributed by atoms with Gasteiger partial charge in [-0.1, -0.05) is 6.92 Å². The van der Waals surface area contributed by atoms with Gasteiger partial charge in [0.1, 0.15) is 0 Å². The third-order valence-corrected chi connectivity index (χ3v) is 2.76. The van der Waals surface area contributed by atoms with Gasteiger partial charge in [-0.25, -0.2) is 4.79 Å². The molecule has 0 aliphatic carbocycles. The van der Waals surface area contributed by atoms with Crippen molar-refractivity contribution in [1.29, 1.82) is 0 Å². The van der Waals surface area contributed by atoms with Crippen LogP contribution in [-0.2, 0) is 4.79 Å². The highest BCUT2D eigenvalue weighted by Crippen LogP contribution is 2.22. The van der Waals surface area contributed by atoms with Gasteiger partial charge in [0.15, 0.2) is 0 Å². The zero-order valence-corrected chi connectivity index (χ0v) is 9.27. The van der Waals surface area contributed by atoms with Crippen molar-refractivity contribution in [3.63, 3.8) is 0 Å². The van der Waals surface area contributed by atoms with Gasteiger partial charge in [-0.05, 0) is 5.92 Å². The molecule has 1 saturated heterocycles. The fourth-order valence-electron chi connectivity index (χ4n) is 1.81. The number of likely N-dealkylation sites (tertiary alicyclic amines) is 1. The molecular weight excluding hydrogens is 208 g/mol. The highest BCUT2D eigenvalue weighted by atomic mass is 16.4. The average Bonchev–Trinajstić information content (AvgIpc) is 2.60. The van der Waals surface area contributed by atoms with E-state index in [9.17, 15) is 9.59 Å². The van der Waals surface area contributed by atoms with E-state index in [2.05, 4.69) is 11.2 Å². The van der Waals surface area contributed by atoms with Crippen LogP contribution in [-0.4, -0.2) is 41.6 Å². The summed E-state index contributed by atoms with van der Waals surface area (Å²) in [6, 6.07) is -0.231. The van der Waals surface area contributed by atoms with E-state index < -0.39 is 11.9 Å². The molecule has 0 aromatic carbocycles. The number of amides is 2. The minimum atomic E-state index is -0.841. The Kier molecular flexibility index (Phi) is 4.18. The lowest BCUT2D eigenvalue weighted by atomic mass is 9.99. The third-order valence-electron chi connectivity index (χ3n) is 2.76. The summed E-state index contributed by atoms with van der Waals surface area (Å²) in [6.07, 6.45) is 5.54. The smallest absolute Gasteiger partial charge is 0.317 e. The zero-order chi connectivity index (χ0) is 12.1. The molecular formula is C11H16N2O3. The van der Waals surface area contributed by atoms with Crippen molar-refractivity contribution < 1.29 is 14.7 Å². The molecule has 0 saturated carbocycles. The second-order valence-electron chi connectivity index (χ2n) is 4.01.